The number of pyridine rings is 1. The van der Waals surface area contributed by atoms with E-state index < -0.39 is 11.9 Å². The number of fused-ring (bicyclic) bond motifs is 1. The highest BCUT2D eigenvalue weighted by molar-refractivity contribution is 6.27. The highest BCUT2D eigenvalue weighted by Crippen LogP contribution is 2.21. The summed E-state index contributed by atoms with van der Waals surface area (Å²) < 4.78 is 15.0. The summed E-state index contributed by atoms with van der Waals surface area (Å²) in [5.74, 6) is -2.30. The van der Waals surface area contributed by atoms with Crippen LogP contribution < -0.4 is 0 Å². The van der Waals surface area contributed by atoms with Gasteiger partial charge in [0.05, 0.1) is 11.0 Å². The molecule has 8 heteroatoms. The highest BCUT2D eigenvalue weighted by Gasteiger charge is 2.10. The van der Waals surface area contributed by atoms with E-state index in [1.807, 2.05) is 59.2 Å². The fraction of sp³-hybridized carbons (Fsp3) is 0. The van der Waals surface area contributed by atoms with E-state index >= 15 is 0 Å². The molecular weight excluding hydrogens is 389 g/mol. The monoisotopic (exact) mass is 405 g/mol. The van der Waals surface area contributed by atoms with Crippen molar-refractivity contribution in [1.29, 1.82) is 0 Å². The Labute approximate surface area is 170 Å². The van der Waals surface area contributed by atoms with Gasteiger partial charge in [-0.3, -0.25) is 4.57 Å². The molecule has 0 radical (unpaired) electrons. The summed E-state index contributed by atoms with van der Waals surface area (Å²) in [5.41, 5.74) is 2.81. The molecule has 4 rings (SSSR count). The largest absolute Gasteiger partial charge is 0.473 e. The highest BCUT2D eigenvalue weighted by atomic mass is 19.1. The molecule has 0 atom stereocenters. The zero-order valence-corrected chi connectivity index (χ0v) is 15.5. The van der Waals surface area contributed by atoms with Gasteiger partial charge in [0.2, 0.25) is 0 Å². The van der Waals surface area contributed by atoms with Gasteiger partial charge in [-0.05, 0) is 48.0 Å². The van der Waals surface area contributed by atoms with E-state index in [4.69, 9.17) is 19.8 Å². The van der Waals surface area contributed by atoms with E-state index in [9.17, 15) is 4.39 Å². The Kier molecular flexibility index (Phi) is 6.29. The number of halogens is 1. The number of nitrogens with zero attached hydrogens (tertiary/aromatic N) is 3. The smallest absolute Gasteiger partial charge is 0.414 e. The van der Waals surface area contributed by atoms with Crippen molar-refractivity contribution in [3.05, 3.63) is 90.1 Å². The minimum absolute atomic E-state index is 0.243. The molecule has 0 unspecified atom stereocenters. The summed E-state index contributed by atoms with van der Waals surface area (Å²) in [6.07, 6.45) is 5.60. The number of carbonyl (C=O) groups is 2. The molecule has 0 bridgehead atoms. The molecular formula is C22H16FN3O4. The van der Waals surface area contributed by atoms with Gasteiger partial charge < -0.3 is 10.2 Å². The molecule has 0 spiro atoms. The lowest BCUT2D eigenvalue weighted by atomic mass is 10.2. The van der Waals surface area contributed by atoms with Crippen LogP contribution in [0.2, 0.25) is 0 Å². The number of imidazole rings is 1. The first kappa shape index (κ1) is 20.4. The molecule has 0 saturated heterocycles. The predicted octanol–water partition coefficient (Wildman–Crippen LogP) is 3.89. The Hall–Kier alpha value is -4.33. The van der Waals surface area contributed by atoms with Gasteiger partial charge in [0, 0.05) is 6.20 Å². The van der Waals surface area contributed by atoms with Crippen LogP contribution in [-0.2, 0) is 9.59 Å². The summed E-state index contributed by atoms with van der Waals surface area (Å²) in [4.78, 5) is 27.3. The zero-order chi connectivity index (χ0) is 21.5. The number of para-hydroxylation sites is 2. The average molecular weight is 405 g/mol. The molecule has 0 amide bonds. The standard InChI is InChI=1S/C20H14FN3.C2H2O4/c21-16-11-8-15(9-12-16)10-13-20-23-17-5-1-2-6-18(17)24(20)19-7-3-4-14-22-19;3-1(4)2(5)6/h1-14H;(H,3,4)(H,5,6)/b13-10+;. The summed E-state index contributed by atoms with van der Waals surface area (Å²) in [5, 5.41) is 14.8. The van der Waals surface area contributed by atoms with Gasteiger partial charge in [-0.1, -0.05) is 36.4 Å². The third-order valence-corrected chi connectivity index (χ3v) is 3.94. The van der Waals surface area contributed by atoms with E-state index in [0.29, 0.717) is 0 Å². The lowest BCUT2D eigenvalue weighted by Crippen LogP contribution is -2.09. The third-order valence-electron chi connectivity index (χ3n) is 3.94. The maximum atomic E-state index is 13.0. The van der Waals surface area contributed by atoms with E-state index in [1.54, 1.807) is 18.3 Å². The summed E-state index contributed by atoms with van der Waals surface area (Å²) in [6.45, 7) is 0. The fourth-order valence-corrected chi connectivity index (χ4v) is 2.63. The second-order valence-electron chi connectivity index (χ2n) is 5.98. The molecule has 150 valence electrons. The predicted molar refractivity (Wildman–Crippen MR) is 109 cm³/mol. The van der Waals surface area contributed by atoms with Crippen LogP contribution in [-0.4, -0.2) is 36.7 Å². The molecule has 0 aliphatic rings. The zero-order valence-electron chi connectivity index (χ0n) is 15.5. The molecule has 2 aromatic heterocycles. The normalized spacial score (nSPS) is 10.6. The molecule has 7 nitrogen and oxygen atoms in total. The third kappa shape index (κ3) is 4.93. The summed E-state index contributed by atoms with van der Waals surface area (Å²) >= 11 is 0. The maximum absolute atomic E-state index is 13.0. The van der Waals surface area contributed by atoms with Crippen LogP contribution in [0, 0.1) is 5.82 Å². The van der Waals surface area contributed by atoms with Crippen molar-refractivity contribution in [2.75, 3.05) is 0 Å². The molecule has 2 heterocycles. The summed E-state index contributed by atoms with van der Waals surface area (Å²) in [6, 6.07) is 20.1. The SMILES string of the molecule is Fc1ccc(/C=C/c2nc3ccccc3n2-c2ccccn2)cc1.O=C(O)C(=O)O. The molecule has 0 fully saturated rings. The number of rotatable bonds is 3. The number of aromatic nitrogens is 3. The number of hydrogen-bond donors (Lipinski definition) is 2. The van der Waals surface area contributed by atoms with E-state index in [2.05, 4.69) is 9.97 Å². The van der Waals surface area contributed by atoms with Crippen molar-refractivity contribution in [3.8, 4) is 5.82 Å². The van der Waals surface area contributed by atoms with Gasteiger partial charge in [0.15, 0.2) is 0 Å². The van der Waals surface area contributed by atoms with Crippen molar-refractivity contribution < 1.29 is 24.2 Å². The van der Waals surface area contributed by atoms with Crippen LogP contribution in [0.4, 0.5) is 4.39 Å². The maximum Gasteiger partial charge on any atom is 0.414 e. The van der Waals surface area contributed by atoms with Crippen LogP contribution in [0.15, 0.2) is 72.9 Å². The van der Waals surface area contributed by atoms with Crippen LogP contribution in [0.1, 0.15) is 11.4 Å². The first-order chi connectivity index (χ1) is 14.5. The van der Waals surface area contributed by atoms with Crippen LogP contribution in [0.3, 0.4) is 0 Å². The molecule has 0 aliphatic heterocycles. The van der Waals surface area contributed by atoms with Crippen molar-refractivity contribution in [2.24, 2.45) is 0 Å². The van der Waals surface area contributed by atoms with Gasteiger partial charge in [-0.25, -0.2) is 23.9 Å². The Morgan fingerprint density at radius 2 is 1.53 bits per heavy atom. The Balaban J connectivity index is 0.000000377. The Bertz CT molecular complexity index is 1190. The Morgan fingerprint density at radius 1 is 0.867 bits per heavy atom. The lowest BCUT2D eigenvalue weighted by molar-refractivity contribution is -0.159. The van der Waals surface area contributed by atoms with Gasteiger partial charge in [0.25, 0.3) is 0 Å². The number of carboxylic acid groups (broad SMARTS) is 2. The molecule has 2 aromatic carbocycles. The van der Waals surface area contributed by atoms with Crippen molar-refractivity contribution >= 4 is 35.1 Å². The fourth-order valence-electron chi connectivity index (χ4n) is 2.63. The molecule has 30 heavy (non-hydrogen) atoms. The molecule has 0 saturated carbocycles. The average Bonchev–Trinajstić information content (AvgIpc) is 3.13. The van der Waals surface area contributed by atoms with Crippen LogP contribution in [0.25, 0.3) is 29.0 Å². The van der Waals surface area contributed by atoms with Gasteiger partial charge in [-0.15, -0.1) is 0 Å². The molecule has 0 aliphatic carbocycles. The Morgan fingerprint density at radius 3 is 2.17 bits per heavy atom. The van der Waals surface area contributed by atoms with E-state index in [1.165, 1.54) is 12.1 Å². The molecule has 2 N–H and O–H groups in total. The van der Waals surface area contributed by atoms with Crippen LogP contribution >= 0.6 is 0 Å². The van der Waals surface area contributed by atoms with E-state index in [0.717, 1.165) is 28.2 Å². The van der Waals surface area contributed by atoms with E-state index in [-0.39, 0.29) is 5.82 Å². The van der Waals surface area contributed by atoms with Gasteiger partial charge in [-0.2, -0.15) is 0 Å². The van der Waals surface area contributed by atoms with Crippen molar-refractivity contribution in [1.82, 2.24) is 14.5 Å². The molecule has 4 aromatic rings. The first-order valence-corrected chi connectivity index (χ1v) is 8.74. The summed E-state index contributed by atoms with van der Waals surface area (Å²) in [7, 11) is 0. The number of benzene rings is 2. The second-order valence-corrected chi connectivity index (χ2v) is 5.98. The van der Waals surface area contributed by atoms with Crippen LogP contribution in [0.5, 0.6) is 0 Å². The lowest BCUT2D eigenvalue weighted by Gasteiger charge is -2.05. The first-order valence-electron chi connectivity index (χ1n) is 8.74. The van der Waals surface area contributed by atoms with Crippen molar-refractivity contribution in [3.63, 3.8) is 0 Å². The second kappa shape index (κ2) is 9.24. The van der Waals surface area contributed by atoms with Gasteiger partial charge in [0.1, 0.15) is 17.5 Å². The topological polar surface area (TPSA) is 105 Å². The number of hydrogen-bond acceptors (Lipinski definition) is 4. The quantitative estimate of drug-likeness (QED) is 0.501. The minimum Gasteiger partial charge on any atom is -0.473 e. The van der Waals surface area contributed by atoms with Crippen molar-refractivity contribution in [2.45, 2.75) is 0 Å². The minimum atomic E-state index is -1.82. The van der Waals surface area contributed by atoms with Gasteiger partial charge >= 0.3 is 11.9 Å². The number of aliphatic carboxylic acids is 2. The number of carboxylic acids is 2.